The number of nitrogens with one attached hydrogen (secondary N) is 2. The first-order chi connectivity index (χ1) is 16.0. The fourth-order valence-electron chi connectivity index (χ4n) is 3.24. The average molecular weight is 461 g/mol. The minimum absolute atomic E-state index is 0.0943. The largest absolute Gasteiger partial charge is 0.352 e. The van der Waals surface area contributed by atoms with Crippen molar-refractivity contribution < 1.29 is 9.59 Å². The van der Waals surface area contributed by atoms with Crippen LogP contribution in [0.1, 0.15) is 27.3 Å². The van der Waals surface area contributed by atoms with E-state index in [4.69, 9.17) is 0 Å². The molecule has 2 amide bonds. The van der Waals surface area contributed by atoms with Crippen molar-refractivity contribution >= 4 is 34.9 Å². The van der Waals surface area contributed by atoms with Gasteiger partial charge in [-0.1, -0.05) is 42.1 Å². The zero-order chi connectivity index (χ0) is 23.2. The summed E-state index contributed by atoms with van der Waals surface area (Å²) in [6.45, 7) is 4.41. The monoisotopic (exact) mass is 460 g/mol. The molecule has 0 saturated heterocycles. The number of aromatic nitrogens is 4. The molecular weight excluding hydrogens is 436 g/mol. The maximum Gasteiger partial charge on any atom is 0.251 e. The second-order valence-corrected chi connectivity index (χ2v) is 8.51. The first-order valence-electron chi connectivity index (χ1n) is 10.5. The first-order valence-corrected chi connectivity index (χ1v) is 11.5. The number of amides is 2. The summed E-state index contributed by atoms with van der Waals surface area (Å²) in [6, 6.07) is 18.5. The fraction of sp³-hybridized carbons (Fsp3) is 0.208. The first kappa shape index (κ1) is 22.5. The van der Waals surface area contributed by atoms with Crippen molar-refractivity contribution in [2.24, 2.45) is 0 Å². The van der Waals surface area contributed by atoms with E-state index in [1.807, 2.05) is 62.4 Å². The third-order valence-electron chi connectivity index (χ3n) is 5.20. The van der Waals surface area contributed by atoms with E-state index in [1.165, 1.54) is 11.8 Å². The van der Waals surface area contributed by atoms with Gasteiger partial charge in [0.2, 0.25) is 5.91 Å². The molecule has 2 aromatic carbocycles. The van der Waals surface area contributed by atoms with Gasteiger partial charge in [0, 0.05) is 24.2 Å². The topological polar surface area (TPSA) is 101 Å². The van der Waals surface area contributed by atoms with Crippen LogP contribution in [0.25, 0.3) is 5.65 Å². The Balaban J connectivity index is 1.35. The summed E-state index contributed by atoms with van der Waals surface area (Å²) in [5.41, 5.74) is 4.24. The Hall–Kier alpha value is -3.72. The summed E-state index contributed by atoms with van der Waals surface area (Å²) in [4.78, 5) is 24.6. The van der Waals surface area contributed by atoms with Gasteiger partial charge >= 0.3 is 0 Å². The lowest BCUT2D eigenvalue weighted by Gasteiger charge is -2.10. The number of benzene rings is 2. The molecule has 8 nitrogen and oxygen atoms in total. The Labute approximate surface area is 195 Å². The third-order valence-corrected chi connectivity index (χ3v) is 6.12. The van der Waals surface area contributed by atoms with E-state index in [-0.39, 0.29) is 17.6 Å². The van der Waals surface area contributed by atoms with Crippen LogP contribution in [0.15, 0.2) is 65.7 Å². The predicted molar refractivity (Wildman–Crippen MR) is 129 cm³/mol. The van der Waals surface area contributed by atoms with Gasteiger partial charge in [0.05, 0.1) is 5.75 Å². The van der Waals surface area contributed by atoms with E-state index in [9.17, 15) is 9.59 Å². The van der Waals surface area contributed by atoms with Gasteiger partial charge in [-0.15, -0.1) is 10.2 Å². The minimum Gasteiger partial charge on any atom is -0.352 e. The Bertz CT molecular complexity index is 1290. The van der Waals surface area contributed by atoms with Gasteiger partial charge in [0.15, 0.2) is 11.5 Å². The van der Waals surface area contributed by atoms with Crippen LogP contribution in [0.3, 0.4) is 0 Å². The molecule has 4 rings (SSSR count). The van der Waals surface area contributed by atoms with Crippen molar-refractivity contribution in [3.05, 3.63) is 83.2 Å². The Morgan fingerprint density at radius 1 is 0.970 bits per heavy atom. The number of hydrogen-bond acceptors (Lipinski definition) is 6. The molecule has 0 radical (unpaired) electrons. The van der Waals surface area contributed by atoms with Gasteiger partial charge < -0.3 is 10.6 Å². The lowest BCUT2D eigenvalue weighted by atomic mass is 10.1. The molecule has 0 unspecified atom stereocenters. The second kappa shape index (κ2) is 10.3. The maximum absolute atomic E-state index is 12.4. The summed E-state index contributed by atoms with van der Waals surface area (Å²) >= 11 is 1.34. The summed E-state index contributed by atoms with van der Waals surface area (Å²) in [5, 5.41) is 19.4. The molecule has 0 aliphatic heterocycles. The highest BCUT2D eigenvalue weighted by molar-refractivity contribution is 7.99. The standard InChI is InChI=1S/C24H24N6O2S/c1-16-7-6-10-19(17(16)2)26-22(31)15-33-23-12-11-20-27-28-21(30(20)29-23)13-14-25-24(32)18-8-4-3-5-9-18/h3-12H,13-15H2,1-2H3,(H,25,32)(H,26,31). The highest BCUT2D eigenvalue weighted by Gasteiger charge is 2.11. The van der Waals surface area contributed by atoms with E-state index in [1.54, 1.807) is 16.6 Å². The summed E-state index contributed by atoms with van der Waals surface area (Å²) in [7, 11) is 0. The molecule has 33 heavy (non-hydrogen) atoms. The van der Waals surface area contributed by atoms with E-state index in [0.29, 0.717) is 35.0 Å². The van der Waals surface area contributed by atoms with Crippen molar-refractivity contribution in [1.82, 2.24) is 25.1 Å². The molecule has 2 heterocycles. The normalized spacial score (nSPS) is 10.8. The highest BCUT2D eigenvalue weighted by Crippen LogP contribution is 2.20. The van der Waals surface area contributed by atoms with Crippen LogP contribution in [0.4, 0.5) is 5.69 Å². The van der Waals surface area contributed by atoms with Gasteiger partial charge in [-0.25, -0.2) is 0 Å². The number of carbonyl (C=O) groups is 2. The van der Waals surface area contributed by atoms with Crippen LogP contribution in [-0.4, -0.2) is 43.9 Å². The molecular formula is C24H24N6O2S. The Morgan fingerprint density at radius 3 is 2.61 bits per heavy atom. The minimum atomic E-state index is -0.136. The van der Waals surface area contributed by atoms with Crippen LogP contribution < -0.4 is 10.6 Å². The van der Waals surface area contributed by atoms with Crippen molar-refractivity contribution in [2.45, 2.75) is 25.3 Å². The zero-order valence-corrected chi connectivity index (χ0v) is 19.2. The van der Waals surface area contributed by atoms with Crippen LogP contribution in [-0.2, 0) is 11.2 Å². The number of thioether (sulfide) groups is 1. The summed E-state index contributed by atoms with van der Waals surface area (Å²) in [5.74, 6) is 0.642. The Morgan fingerprint density at radius 2 is 1.79 bits per heavy atom. The molecule has 0 aliphatic rings. The zero-order valence-electron chi connectivity index (χ0n) is 18.4. The molecule has 9 heteroatoms. The van der Waals surface area contributed by atoms with E-state index >= 15 is 0 Å². The molecule has 2 aromatic heterocycles. The SMILES string of the molecule is Cc1cccc(NC(=O)CSc2ccc3nnc(CCNC(=O)c4ccccc4)n3n2)c1C. The van der Waals surface area contributed by atoms with Gasteiger partial charge in [-0.2, -0.15) is 9.61 Å². The van der Waals surface area contributed by atoms with Crippen LogP contribution in [0, 0.1) is 13.8 Å². The van der Waals surface area contributed by atoms with Crippen molar-refractivity contribution in [3.63, 3.8) is 0 Å². The molecule has 4 aromatic rings. The molecule has 168 valence electrons. The van der Waals surface area contributed by atoms with Gasteiger partial charge in [0.25, 0.3) is 5.91 Å². The third kappa shape index (κ3) is 5.56. The predicted octanol–water partition coefficient (Wildman–Crippen LogP) is 3.44. The summed E-state index contributed by atoms with van der Waals surface area (Å²) in [6.07, 6.45) is 0.480. The molecule has 0 saturated carbocycles. The van der Waals surface area contributed by atoms with E-state index in [0.717, 1.165) is 16.8 Å². The average Bonchev–Trinajstić information content (AvgIpc) is 3.23. The molecule has 0 bridgehead atoms. The van der Waals surface area contributed by atoms with Crippen molar-refractivity contribution in [2.75, 3.05) is 17.6 Å². The quantitative estimate of drug-likeness (QED) is 0.391. The van der Waals surface area contributed by atoms with Crippen molar-refractivity contribution in [3.8, 4) is 0 Å². The molecule has 0 aliphatic carbocycles. The molecule has 2 N–H and O–H groups in total. The number of nitrogens with zero attached hydrogens (tertiary/aromatic N) is 4. The van der Waals surface area contributed by atoms with Gasteiger partial charge in [-0.05, 0) is 55.3 Å². The van der Waals surface area contributed by atoms with Crippen LogP contribution in [0.2, 0.25) is 0 Å². The van der Waals surface area contributed by atoms with Gasteiger partial charge in [-0.3, -0.25) is 9.59 Å². The smallest absolute Gasteiger partial charge is 0.251 e. The van der Waals surface area contributed by atoms with E-state index in [2.05, 4.69) is 25.9 Å². The number of fused-ring (bicyclic) bond motifs is 1. The summed E-state index contributed by atoms with van der Waals surface area (Å²) < 4.78 is 1.65. The lowest BCUT2D eigenvalue weighted by Crippen LogP contribution is -2.26. The highest BCUT2D eigenvalue weighted by atomic mass is 32.2. The van der Waals surface area contributed by atoms with Gasteiger partial charge in [0.1, 0.15) is 5.03 Å². The number of carbonyl (C=O) groups excluding carboxylic acids is 2. The molecule has 0 fully saturated rings. The maximum atomic E-state index is 12.4. The lowest BCUT2D eigenvalue weighted by molar-refractivity contribution is -0.113. The van der Waals surface area contributed by atoms with Crippen molar-refractivity contribution in [1.29, 1.82) is 0 Å². The number of anilines is 1. The Kier molecular flexibility index (Phi) is 6.99. The van der Waals surface area contributed by atoms with Crippen LogP contribution >= 0.6 is 11.8 Å². The fourth-order valence-corrected chi connectivity index (χ4v) is 3.90. The van der Waals surface area contributed by atoms with E-state index < -0.39 is 0 Å². The number of aryl methyl sites for hydroxylation is 1. The number of rotatable bonds is 8. The second-order valence-electron chi connectivity index (χ2n) is 7.51. The van der Waals surface area contributed by atoms with Crippen LogP contribution in [0.5, 0.6) is 0 Å². The molecule has 0 spiro atoms. The molecule has 0 atom stereocenters. The number of hydrogen-bond donors (Lipinski definition) is 2.